The summed E-state index contributed by atoms with van der Waals surface area (Å²) in [6, 6.07) is 6.77. The Morgan fingerprint density at radius 1 is 0.833 bits per heavy atom. The Balaban J connectivity index is 2.10. The van der Waals surface area contributed by atoms with Gasteiger partial charge in [0.2, 0.25) is 0 Å². The summed E-state index contributed by atoms with van der Waals surface area (Å²) in [6.45, 7) is 5.98. The quantitative estimate of drug-likeness (QED) is 0.153. The summed E-state index contributed by atoms with van der Waals surface area (Å²) in [5.41, 5.74) is 1.03. The van der Waals surface area contributed by atoms with E-state index in [2.05, 4.69) is 43.4 Å². The van der Waals surface area contributed by atoms with E-state index in [0.29, 0.717) is 0 Å². The molecule has 1 atom stereocenters. The molecular formula is C26H40O3S. The summed E-state index contributed by atoms with van der Waals surface area (Å²) in [5.74, 6) is 0. The van der Waals surface area contributed by atoms with Gasteiger partial charge in [0, 0.05) is 0 Å². The van der Waals surface area contributed by atoms with Crippen molar-refractivity contribution in [1.82, 2.24) is 0 Å². The van der Waals surface area contributed by atoms with E-state index in [-0.39, 0.29) is 11.0 Å². The van der Waals surface area contributed by atoms with Crippen LogP contribution in [0.5, 0.6) is 0 Å². The number of hydrogen-bond acceptors (Lipinski definition) is 3. The fourth-order valence-electron chi connectivity index (χ4n) is 3.01. The van der Waals surface area contributed by atoms with E-state index in [1.165, 1.54) is 25.7 Å². The first kappa shape index (κ1) is 26.4. The van der Waals surface area contributed by atoms with Gasteiger partial charge in [-0.3, -0.25) is 4.18 Å². The lowest BCUT2D eigenvalue weighted by molar-refractivity contribution is 0.214. The summed E-state index contributed by atoms with van der Waals surface area (Å²) in [7, 11) is -3.67. The first-order valence-electron chi connectivity index (χ1n) is 11.4. The fourth-order valence-corrected chi connectivity index (χ4v) is 4.12. The Bertz CT molecular complexity index is 743. The Hall–Kier alpha value is -1.65. The van der Waals surface area contributed by atoms with Crippen molar-refractivity contribution in [3.8, 4) is 0 Å². The van der Waals surface area contributed by atoms with Gasteiger partial charge in [-0.2, -0.15) is 8.42 Å². The minimum Gasteiger partial charge on any atom is -0.263 e. The molecule has 1 rings (SSSR count). The Kier molecular flexibility index (Phi) is 14.2. The second-order valence-electron chi connectivity index (χ2n) is 7.84. The number of hydrogen-bond donors (Lipinski definition) is 0. The molecule has 0 aliphatic rings. The van der Waals surface area contributed by atoms with Gasteiger partial charge in [0.25, 0.3) is 10.1 Å². The van der Waals surface area contributed by atoms with E-state index in [1.807, 2.05) is 13.8 Å². The highest BCUT2D eigenvalue weighted by Gasteiger charge is 2.18. The molecule has 1 unspecified atom stereocenters. The van der Waals surface area contributed by atoms with Crippen molar-refractivity contribution >= 4 is 10.1 Å². The van der Waals surface area contributed by atoms with E-state index in [4.69, 9.17) is 4.18 Å². The number of benzene rings is 1. The van der Waals surface area contributed by atoms with Crippen LogP contribution in [0.15, 0.2) is 65.6 Å². The molecular weight excluding hydrogens is 392 g/mol. The van der Waals surface area contributed by atoms with Crippen molar-refractivity contribution < 1.29 is 12.6 Å². The Morgan fingerprint density at radius 3 is 1.93 bits per heavy atom. The molecule has 0 aromatic heterocycles. The number of unbranched alkanes of at least 4 members (excludes halogenated alkanes) is 5. The van der Waals surface area contributed by atoms with Gasteiger partial charge in [-0.05, 0) is 70.9 Å². The second kappa shape index (κ2) is 16.1. The molecule has 4 heteroatoms. The van der Waals surface area contributed by atoms with Crippen LogP contribution in [0.25, 0.3) is 0 Å². The minimum atomic E-state index is -3.67. The standard InChI is InChI=1S/C26H40O3S/c1-4-5-6-7-8-9-10-11-12-13-14-15-16-17-18-19-25(3)29-30(27,28)26-22-20-24(2)21-23-26/h8-9,11-12,14-15,20-23,25H,4-7,10,13,16-19H2,1-3H3/b9-8-,12-11-,15-14-. The average Bonchev–Trinajstić information content (AvgIpc) is 2.71. The SMILES string of the molecule is CCCCC/C=C\C/C=C\C/C=C\CCCCC(C)OS(=O)(=O)c1ccc(C)cc1. The van der Waals surface area contributed by atoms with E-state index >= 15 is 0 Å². The van der Waals surface area contributed by atoms with Crippen LogP contribution in [0.1, 0.15) is 83.6 Å². The highest BCUT2D eigenvalue weighted by atomic mass is 32.2. The third-order valence-corrected chi connectivity index (χ3v) is 6.28. The maximum atomic E-state index is 12.3. The molecule has 0 radical (unpaired) electrons. The molecule has 0 bridgehead atoms. The van der Waals surface area contributed by atoms with E-state index < -0.39 is 10.1 Å². The molecule has 1 aromatic carbocycles. The zero-order valence-corrected chi connectivity index (χ0v) is 19.9. The third kappa shape index (κ3) is 12.8. The lowest BCUT2D eigenvalue weighted by Gasteiger charge is -2.13. The van der Waals surface area contributed by atoms with Crippen LogP contribution >= 0.6 is 0 Å². The van der Waals surface area contributed by atoms with Gasteiger partial charge in [-0.15, -0.1) is 0 Å². The Morgan fingerprint density at radius 2 is 1.37 bits per heavy atom. The zero-order chi connectivity index (χ0) is 22.1. The highest BCUT2D eigenvalue weighted by Crippen LogP contribution is 2.17. The predicted octanol–water partition coefficient (Wildman–Crippen LogP) is 7.68. The van der Waals surface area contributed by atoms with Crippen LogP contribution in [-0.4, -0.2) is 14.5 Å². The molecule has 0 saturated heterocycles. The number of allylic oxidation sites excluding steroid dienone is 6. The topological polar surface area (TPSA) is 43.4 Å². The van der Waals surface area contributed by atoms with Crippen LogP contribution in [0, 0.1) is 6.92 Å². The van der Waals surface area contributed by atoms with Crippen molar-refractivity contribution in [2.75, 3.05) is 0 Å². The van der Waals surface area contributed by atoms with Crippen LogP contribution in [0.4, 0.5) is 0 Å². The molecule has 0 amide bonds. The van der Waals surface area contributed by atoms with Crippen molar-refractivity contribution in [3.63, 3.8) is 0 Å². The van der Waals surface area contributed by atoms with Gasteiger partial charge in [0.05, 0.1) is 11.0 Å². The normalized spacial score (nSPS) is 13.7. The summed E-state index contributed by atoms with van der Waals surface area (Å²) < 4.78 is 29.9. The van der Waals surface area contributed by atoms with E-state index in [1.54, 1.807) is 24.3 Å². The van der Waals surface area contributed by atoms with Crippen molar-refractivity contribution in [2.45, 2.75) is 96.0 Å². The van der Waals surface area contributed by atoms with E-state index in [0.717, 1.165) is 44.1 Å². The molecule has 3 nitrogen and oxygen atoms in total. The average molecular weight is 433 g/mol. The van der Waals surface area contributed by atoms with Crippen LogP contribution in [0.2, 0.25) is 0 Å². The lowest BCUT2D eigenvalue weighted by Crippen LogP contribution is -2.15. The first-order chi connectivity index (χ1) is 14.5. The van der Waals surface area contributed by atoms with Gasteiger partial charge in [0.15, 0.2) is 0 Å². The maximum Gasteiger partial charge on any atom is 0.297 e. The van der Waals surface area contributed by atoms with Crippen molar-refractivity contribution in [1.29, 1.82) is 0 Å². The summed E-state index contributed by atoms with van der Waals surface area (Å²) >= 11 is 0. The van der Waals surface area contributed by atoms with Gasteiger partial charge in [-0.1, -0.05) is 80.3 Å². The van der Waals surface area contributed by atoms with Crippen molar-refractivity contribution in [3.05, 3.63) is 66.3 Å². The third-order valence-electron chi connectivity index (χ3n) is 4.85. The minimum absolute atomic E-state index is 0.225. The molecule has 30 heavy (non-hydrogen) atoms. The first-order valence-corrected chi connectivity index (χ1v) is 12.8. The highest BCUT2D eigenvalue weighted by molar-refractivity contribution is 7.86. The molecule has 0 aliphatic carbocycles. The molecule has 0 fully saturated rings. The molecule has 0 aliphatic heterocycles. The number of aryl methyl sites for hydroxylation is 1. The molecule has 0 heterocycles. The van der Waals surface area contributed by atoms with E-state index in [9.17, 15) is 8.42 Å². The van der Waals surface area contributed by atoms with Gasteiger partial charge in [0.1, 0.15) is 0 Å². The van der Waals surface area contributed by atoms with Crippen molar-refractivity contribution in [2.24, 2.45) is 0 Å². The summed E-state index contributed by atoms with van der Waals surface area (Å²) in [4.78, 5) is 0.225. The number of rotatable bonds is 16. The largest absolute Gasteiger partial charge is 0.297 e. The predicted molar refractivity (Wildman–Crippen MR) is 128 cm³/mol. The molecule has 1 aromatic rings. The van der Waals surface area contributed by atoms with Crippen LogP contribution in [0.3, 0.4) is 0 Å². The monoisotopic (exact) mass is 432 g/mol. The molecule has 168 valence electrons. The van der Waals surface area contributed by atoms with Gasteiger partial charge in [-0.25, -0.2) is 0 Å². The Labute approximate surface area is 185 Å². The molecule has 0 saturated carbocycles. The molecule has 0 spiro atoms. The summed E-state index contributed by atoms with van der Waals surface area (Å²) in [6.07, 6.45) is 23.9. The van der Waals surface area contributed by atoms with Gasteiger partial charge >= 0.3 is 0 Å². The maximum absolute atomic E-state index is 12.3. The zero-order valence-electron chi connectivity index (χ0n) is 19.1. The molecule has 0 N–H and O–H groups in total. The van der Waals surface area contributed by atoms with Gasteiger partial charge < -0.3 is 0 Å². The summed E-state index contributed by atoms with van der Waals surface area (Å²) in [5, 5.41) is 0. The second-order valence-corrected chi connectivity index (χ2v) is 9.41. The van der Waals surface area contributed by atoms with Crippen LogP contribution in [-0.2, 0) is 14.3 Å². The van der Waals surface area contributed by atoms with Crippen LogP contribution < -0.4 is 0 Å². The lowest BCUT2D eigenvalue weighted by atomic mass is 10.1. The fraction of sp³-hybridized carbons (Fsp3) is 0.538. The smallest absolute Gasteiger partial charge is 0.263 e.